The zero-order valence-corrected chi connectivity index (χ0v) is 10.7. The van der Waals surface area contributed by atoms with Crippen LogP contribution in [0.4, 0.5) is 0 Å². The van der Waals surface area contributed by atoms with Crippen LogP contribution in [0.1, 0.15) is 0 Å². The normalized spacial score (nSPS) is 11.5. The van der Waals surface area contributed by atoms with Gasteiger partial charge in [-0.05, 0) is 14.1 Å². The van der Waals surface area contributed by atoms with Crippen molar-refractivity contribution in [2.75, 3.05) is 33.7 Å². The highest BCUT2D eigenvalue weighted by atomic mass is 16.2. The maximum absolute atomic E-state index is 11.9. The van der Waals surface area contributed by atoms with E-state index in [9.17, 15) is 4.79 Å². The molecule has 0 atom stereocenters. The van der Waals surface area contributed by atoms with Crippen molar-refractivity contribution in [3.05, 3.63) is 29.1 Å². The van der Waals surface area contributed by atoms with E-state index in [0.717, 1.165) is 19.6 Å². The molecule has 0 aliphatic heterocycles. The second-order valence-corrected chi connectivity index (χ2v) is 4.36. The van der Waals surface area contributed by atoms with Crippen molar-refractivity contribution < 1.29 is 0 Å². The number of fused-ring (bicyclic) bond motifs is 1. The van der Waals surface area contributed by atoms with Crippen LogP contribution in [0.2, 0.25) is 0 Å². The minimum Gasteiger partial charge on any atom is -0.314 e. The highest BCUT2D eigenvalue weighted by Crippen LogP contribution is 1.91. The molecule has 2 aromatic rings. The first-order chi connectivity index (χ1) is 8.68. The molecule has 0 radical (unpaired) electrons. The van der Waals surface area contributed by atoms with Gasteiger partial charge in [-0.2, -0.15) is 0 Å². The van der Waals surface area contributed by atoms with E-state index in [1.54, 1.807) is 18.6 Å². The largest absolute Gasteiger partial charge is 0.350 e. The molecule has 98 valence electrons. The molecule has 0 saturated carbocycles. The third-order valence-corrected chi connectivity index (χ3v) is 2.62. The molecule has 0 amide bonds. The molecular formula is C11H18N6O. The summed E-state index contributed by atoms with van der Waals surface area (Å²) in [4.78, 5) is 17.9. The van der Waals surface area contributed by atoms with Crippen molar-refractivity contribution in [3.8, 4) is 0 Å². The summed E-state index contributed by atoms with van der Waals surface area (Å²) in [6.07, 6.45) is 4.79. The molecule has 18 heavy (non-hydrogen) atoms. The van der Waals surface area contributed by atoms with E-state index in [0.29, 0.717) is 12.2 Å². The second-order valence-electron chi connectivity index (χ2n) is 4.36. The topological polar surface area (TPSA) is 67.5 Å². The van der Waals surface area contributed by atoms with Crippen molar-refractivity contribution in [2.45, 2.75) is 6.54 Å². The van der Waals surface area contributed by atoms with Gasteiger partial charge in [0.1, 0.15) is 0 Å². The highest BCUT2D eigenvalue weighted by molar-refractivity contribution is 5.31. The number of nitrogens with zero attached hydrogens (tertiary/aromatic N) is 5. The van der Waals surface area contributed by atoms with Gasteiger partial charge in [0.2, 0.25) is 0 Å². The molecule has 0 spiro atoms. The molecule has 7 nitrogen and oxygen atoms in total. The first-order valence-corrected chi connectivity index (χ1v) is 5.93. The number of hydrogen-bond acceptors (Lipinski definition) is 5. The summed E-state index contributed by atoms with van der Waals surface area (Å²) >= 11 is 0. The maximum atomic E-state index is 11.9. The fourth-order valence-corrected chi connectivity index (χ4v) is 1.64. The van der Waals surface area contributed by atoms with Gasteiger partial charge in [-0.3, -0.25) is 4.98 Å². The third kappa shape index (κ3) is 2.93. The third-order valence-electron chi connectivity index (χ3n) is 2.62. The van der Waals surface area contributed by atoms with Crippen molar-refractivity contribution in [1.29, 1.82) is 0 Å². The van der Waals surface area contributed by atoms with Gasteiger partial charge in [-0.25, -0.2) is 13.9 Å². The van der Waals surface area contributed by atoms with E-state index < -0.39 is 0 Å². The number of aromatic nitrogens is 4. The maximum Gasteiger partial charge on any atom is 0.350 e. The Morgan fingerprint density at radius 3 is 2.94 bits per heavy atom. The SMILES string of the molecule is CN(C)CCNCCn1nc2cnccn2c1=O. The summed E-state index contributed by atoms with van der Waals surface area (Å²) < 4.78 is 2.95. The monoisotopic (exact) mass is 250 g/mol. The van der Waals surface area contributed by atoms with Gasteiger partial charge in [0.15, 0.2) is 5.65 Å². The van der Waals surface area contributed by atoms with Crippen molar-refractivity contribution in [2.24, 2.45) is 0 Å². The summed E-state index contributed by atoms with van der Waals surface area (Å²) in [6.45, 7) is 3.17. The van der Waals surface area contributed by atoms with Crippen LogP contribution in [-0.2, 0) is 6.54 Å². The fourth-order valence-electron chi connectivity index (χ4n) is 1.64. The summed E-state index contributed by atoms with van der Waals surface area (Å²) in [6, 6.07) is 0. The predicted molar refractivity (Wildman–Crippen MR) is 68.7 cm³/mol. The molecule has 0 fully saturated rings. The van der Waals surface area contributed by atoms with Crippen molar-refractivity contribution in [3.63, 3.8) is 0 Å². The number of nitrogens with one attached hydrogen (secondary N) is 1. The van der Waals surface area contributed by atoms with E-state index in [1.165, 1.54) is 9.08 Å². The van der Waals surface area contributed by atoms with E-state index in [-0.39, 0.29) is 5.69 Å². The van der Waals surface area contributed by atoms with Gasteiger partial charge in [-0.1, -0.05) is 0 Å². The van der Waals surface area contributed by atoms with Gasteiger partial charge >= 0.3 is 5.69 Å². The lowest BCUT2D eigenvalue weighted by molar-refractivity contribution is 0.395. The van der Waals surface area contributed by atoms with E-state index in [4.69, 9.17) is 0 Å². The van der Waals surface area contributed by atoms with Gasteiger partial charge in [0.05, 0.1) is 12.7 Å². The molecule has 0 aliphatic carbocycles. The lowest BCUT2D eigenvalue weighted by Gasteiger charge is -2.09. The average Bonchev–Trinajstić information content (AvgIpc) is 2.66. The Morgan fingerprint density at radius 1 is 1.39 bits per heavy atom. The summed E-state index contributed by atoms with van der Waals surface area (Å²) in [5.41, 5.74) is 0.456. The van der Waals surface area contributed by atoms with Crippen LogP contribution in [0.15, 0.2) is 23.4 Å². The summed E-state index contributed by atoms with van der Waals surface area (Å²) in [7, 11) is 4.06. The zero-order valence-electron chi connectivity index (χ0n) is 10.7. The second kappa shape index (κ2) is 5.74. The van der Waals surface area contributed by atoms with Crippen LogP contribution in [0.3, 0.4) is 0 Å². The lowest BCUT2D eigenvalue weighted by Crippen LogP contribution is -2.31. The van der Waals surface area contributed by atoms with E-state index >= 15 is 0 Å². The van der Waals surface area contributed by atoms with Crippen LogP contribution >= 0.6 is 0 Å². The van der Waals surface area contributed by atoms with Gasteiger partial charge in [0, 0.05) is 32.0 Å². The molecule has 0 bridgehead atoms. The zero-order chi connectivity index (χ0) is 13.0. The molecule has 2 rings (SSSR count). The molecule has 0 unspecified atom stereocenters. The van der Waals surface area contributed by atoms with Crippen LogP contribution < -0.4 is 11.0 Å². The molecule has 2 aromatic heterocycles. The highest BCUT2D eigenvalue weighted by Gasteiger charge is 2.05. The smallest absolute Gasteiger partial charge is 0.314 e. The first-order valence-electron chi connectivity index (χ1n) is 5.93. The molecule has 7 heteroatoms. The van der Waals surface area contributed by atoms with Crippen molar-refractivity contribution in [1.82, 2.24) is 29.4 Å². The Balaban J connectivity index is 1.92. The molecule has 1 N–H and O–H groups in total. The number of rotatable bonds is 6. The fraction of sp³-hybridized carbons (Fsp3) is 0.545. The van der Waals surface area contributed by atoms with Gasteiger partial charge in [0.25, 0.3) is 0 Å². The van der Waals surface area contributed by atoms with Crippen LogP contribution in [0.25, 0.3) is 5.65 Å². The Hall–Kier alpha value is -1.73. The first kappa shape index (κ1) is 12.7. The minimum atomic E-state index is -0.123. The van der Waals surface area contributed by atoms with Crippen molar-refractivity contribution >= 4 is 5.65 Å². The van der Waals surface area contributed by atoms with Gasteiger partial charge in [-0.15, -0.1) is 5.10 Å². The van der Waals surface area contributed by atoms with E-state index in [1.807, 2.05) is 14.1 Å². The Labute approximate surface area is 105 Å². The molecule has 0 saturated heterocycles. The standard InChI is InChI=1S/C11H18N6O/c1-15(2)6-3-12-5-8-17-11(18)16-7-4-13-9-10(16)14-17/h4,7,9,12H,3,5-6,8H2,1-2H3. The summed E-state index contributed by atoms with van der Waals surface area (Å²) in [5, 5.41) is 7.47. The Morgan fingerprint density at radius 2 is 2.22 bits per heavy atom. The molecule has 2 heterocycles. The number of likely N-dealkylation sites (N-methyl/N-ethyl adjacent to an activating group) is 1. The summed E-state index contributed by atoms with van der Waals surface area (Å²) in [5.74, 6) is 0. The molecular weight excluding hydrogens is 232 g/mol. The van der Waals surface area contributed by atoms with E-state index in [2.05, 4.69) is 20.3 Å². The molecule has 0 aliphatic rings. The minimum absolute atomic E-state index is 0.123. The Bertz CT molecular complexity index is 558. The number of hydrogen-bond donors (Lipinski definition) is 1. The average molecular weight is 250 g/mol. The van der Waals surface area contributed by atoms with Gasteiger partial charge < -0.3 is 10.2 Å². The quantitative estimate of drug-likeness (QED) is 0.669. The predicted octanol–water partition coefficient (Wildman–Crippen LogP) is -0.958. The van der Waals surface area contributed by atoms with Crippen LogP contribution in [0.5, 0.6) is 0 Å². The lowest BCUT2D eigenvalue weighted by atomic mass is 10.5. The van der Waals surface area contributed by atoms with Crippen LogP contribution in [-0.4, -0.2) is 57.8 Å². The Kier molecular flexibility index (Phi) is 4.06. The van der Waals surface area contributed by atoms with Crippen LogP contribution in [0, 0.1) is 0 Å². The molecule has 0 aromatic carbocycles.